The molecule has 0 atom stereocenters. The number of nitrogens with one attached hydrogen (secondary N) is 1. The highest BCUT2D eigenvalue weighted by Crippen LogP contribution is 2.57. The summed E-state index contributed by atoms with van der Waals surface area (Å²) in [7, 11) is 0. The molecule has 152 valence electrons. The van der Waals surface area contributed by atoms with Crippen LogP contribution in [0.15, 0.2) is 48.0 Å². The molecule has 0 aliphatic heterocycles. The zero-order valence-electron chi connectivity index (χ0n) is 16.8. The monoisotopic (exact) mass is 400 g/mol. The number of imide groups is 1. The third kappa shape index (κ3) is 3.59. The van der Waals surface area contributed by atoms with Crippen LogP contribution in [0.2, 0.25) is 0 Å². The highest BCUT2D eigenvalue weighted by Gasteiger charge is 2.53. The Hall–Kier alpha value is -3.13. The van der Waals surface area contributed by atoms with Crippen LogP contribution < -0.4 is 5.32 Å². The first-order chi connectivity index (χ1) is 14.5. The van der Waals surface area contributed by atoms with E-state index in [2.05, 4.69) is 5.32 Å². The number of carbonyl (C=O) groups is 2. The molecule has 4 bridgehead atoms. The number of alkyl carbamates (subject to hydrolysis) is 1. The minimum absolute atomic E-state index is 0.118. The van der Waals surface area contributed by atoms with E-state index in [1.54, 1.807) is 0 Å². The van der Waals surface area contributed by atoms with Crippen LogP contribution in [0.1, 0.15) is 44.1 Å². The summed E-state index contributed by atoms with van der Waals surface area (Å²) in [6, 6.07) is 15.5. The van der Waals surface area contributed by atoms with Gasteiger partial charge in [0.15, 0.2) is 0 Å². The van der Waals surface area contributed by atoms with Gasteiger partial charge in [-0.2, -0.15) is 5.26 Å². The molecular weight excluding hydrogens is 376 g/mol. The van der Waals surface area contributed by atoms with E-state index in [1.165, 1.54) is 25.3 Å². The lowest BCUT2D eigenvalue weighted by molar-refractivity contribution is -0.130. The van der Waals surface area contributed by atoms with Crippen LogP contribution >= 0.6 is 0 Å². The Bertz CT molecular complexity index is 1060. The van der Waals surface area contributed by atoms with Crippen molar-refractivity contribution in [3.05, 3.63) is 53.6 Å². The molecule has 4 aliphatic rings. The van der Waals surface area contributed by atoms with Crippen molar-refractivity contribution in [3.63, 3.8) is 0 Å². The van der Waals surface area contributed by atoms with Crippen molar-refractivity contribution in [2.24, 2.45) is 17.8 Å². The van der Waals surface area contributed by atoms with Gasteiger partial charge in [0.1, 0.15) is 17.2 Å². The van der Waals surface area contributed by atoms with E-state index in [4.69, 9.17) is 4.74 Å². The zero-order valence-corrected chi connectivity index (χ0v) is 16.8. The number of carbonyl (C=O) groups excluding carboxylic acids is 2. The fourth-order valence-electron chi connectivity index (χ4n) is 6.15. The van der Waals surface area contributed by atoms with Crippen LogP contribution in [-0.2, 0) is 9.53 Å². The molecule has 4 saturated carbocycles. The fraction of sp³-hybridized carbons (Fsp3) is 0.400. The van der Waals surface area contributed by atoms with Gasteiger partial charge in [0.2, 0.25) is 0 Å². The van der Waals surface area contributed by atoms with Crippen molar-refractivity contribution in [2.75, 3.05) is 0 Å². The van der Waals surface area contributed by atoms with E-state index in [9.17, 15) is 14.9 Å². The van der Waals surface area contributed by atoms with Crippen LogP contribution in [0.3, 0.4) is 0 Å². The van der Waals surface area contributed by atoms with Gasteiger partial charge in [0, 0.05) is 0 Å². The first-order valence-corrected chi connectivity index (χ1v) is 10.7. The zero-order chi connectivity index (χ0) is 20.7. The molecule has 1 N–H and O–H groups in total. The van der Waals surface area contributed by atoms with Gasteiger partial charge < -0.3 is 4.74 Å². The van der Waals surface area contributed by atoms with Crippen LogP contribution in [0.4, 0.5) is 4.79 Å². The Labute approximate surface area is 175 Å². The third-order valence-corrected chi connectivity index (χ3v) is 6.96. The molecule has 0 unspecified atom stereocenters. The van der Waals surface area contributed by atoms with Crippen LogP contribution in [-0.4, -0.2) is 17.6 Å². The summed E-state index contributed by atoms with van der Waals surface area (Å²) in [5.74, 6) is 1.20. The van der Waals surface area contributed by atoms with Gasteiger partial charge in [-0.05, 0) is 84.8 Å². The summed E-state index contributed by atoms with van der Waals surface area (Å²) in [5.41, 5.74) is 0.191. The second-order valence-corrected chi connectivity index (χ2v) is 9.22. The molecule has 0 aromatic heterocycles. The number of fused-ring (bicyclic) bond motifs is 1. The number of hydrogen-bond donors (Lipinski definition) is 1. The number of rotatable bonds is 3. The van der Waals surface area contributed by atoms with E-state index in [0.29, 0.717) is 17.8 Å². The van der Waals surface area contributed by atoms with E-state index in [0.717, 1.165) is 35.6 Å². The van der Waals surface area contributed by atoms with Gasteiger partial charge in [-0.25, -0.2) is 4.79 Å². The highest BCUT2D eigenvalue weighted by atomic mass is 16.6. The maximum absolute atomic E-state index is 12.5. The standard InChI is InChI=1S/C25H24N2O3/c26-15-22(11-16-5-6-20-3-1-2-4-21(20)10-16)23(28)27-24(29)30-25-12-17-7-18(13-25)9-19(8-17)14-25/h1-6,10-11,17-19H,7-9,12-14H2,(H,27,28,29)/b22-11+. The summed E-state index contributed by atoms with van der Waals surface area (Å²) >= 11 is 0. The molecule has 30 heavy (non-hydrogen) atoms. The first kappa shape index (κ1) is 18.9. The first-order valence-electron chi connectivity index (χ1n) is 10.7. The fourth-order valence-corrected chi connectivity index (χ4v) is 6.15. The largest absolute Gasteiger partial charge is 0.443 e. The second kappa shape index (κ2) is 7.28. The Kier molecular flexibility index (Phi) is 4.58. The summed E-state index contributed by atoms with van der Waals surface area (Å²) in [6.07, 6.45) is 7.21. The van der Waals surface area contributed by atoms with Crippen molar-refractivity contribution in [2.45, 2.75) is 44.1 Å². The average Bonchev–Trinajstić information content (AvgIpc) is 2.70. The molecule has 0 spiro atoms. The lowest BCUT2D eigenvalue weighted by Gasteiger charge is -2.55. The maximum atomic E-state index is 12.5. The molecule has 4 fully saturated rings. The molecule has 2 amide bonds. The smallest absolute Gasteiger partial charge is 0.414 e. The average molecular weight is 400 g/mol. The molecular formula is C25H24N2O3. The Morgan fingerprint density at radius 1 is 1.00 bits per heavy atom. The minimum atomic E-state index is -0.735. The summed E-state index contributed by atoms with van der Waals surface area (Å²) in [5, 5.41) is 13.8. The lowest BCUT2D eigenvalue weighted by atomic mass is 9.54. The predicted octanol–water partition coefficient (Wildman–Crippen LogP) is 4.97. The highest BCUT2D eigenvalue weighted by molar-refractivity contribution is 6.08. The number of nitriles is 1. The maximum Gasteiger partial charge on any atom is 0.414 e. The van der Waals surface area contributed by atoms with E-state index >= 15 is 0 Å². The van der Waals surface area contributed by atoms with Crippen molar-refractivity contribution in [3.8, 4) is 6.07 Å². The number of benzene rings is 2. The van der Waals surface area contributed by atoms with Crippen molar-refractivity contribution in [1.82, 2.24) is 5.32 Å². The molecule has 0 heterocycles. The second-order valence-electron chi connectivity index (χ2n) is 9.22. The third-order valence-electron chi connectivity index (χ3n) is 6.96. The van der Waals surface area contributed by atoms with Gasteiger partial charge in [-0.15, -0.1) is 0 Å². The molecule has 5 nitrogen and oxygen atoms in total. The number of ether oxygens (including phenoxy) is 1. The van der Waals surface area contributed by atoms with Crippen LogP contribution in [0.5, 0.6) is 0 Å². The number of amides is 2. The van der Waals surface area contributed by atoms with Gasteiger partial charge in [0.05, 0.1) is 0 Å². The molecule has 0 saturated heterocycles. The van der Waals surface area contributed by atoms with E-state index in [-0.39, 0.29) is 5.57 Å². The van der Waals surface area contributed by atoms with Gasteiger partial charge in [-0.3, -0.25) is 10.1 Å². The normalized spacial score (nSPS) is 29.4. The predicted molar refractivity (Wildman–Crippen MR) is 113 cm³/mol. The van der Waals surface area contributed by atoms with Gasteiger partial charge in [0.25, 0.3) is 5.91 Å². The van der Waals surface area contributed by atoms with Gasteiger partial charge >= 0.3 is 6.09 Å². The minimum Gasteiger partial charge on any atom is -0.443 e. The van der Waals surface area contributed by atoms with E-state index < -0.39 is 17.6 Å². The number of hydrogen-bond acceptors (Lipinski definition) is 4. The molecule has 2 aromatic carbocycles. The summed E-state index contributed by atoms with van der Waals surface area (Å²) in [4.78, 5) is 25.0. The quantitative estimate of drug-likeness (QED) is 0.583. The number of nitrogens with zero attached hydrogens (tertiary/aromatic N) is 1. The molecule has 4 aliphatic carbocycles. The summed E-state index contributed by atoms with van der Waals surface area (Å²) in [6.45, 7) is 0. The summed E-state index contributed by atoms with van der Waals surface area (Å²) < 4.78 is 5.82. The lowest BCUT2D eigenvalue weighted by Crippen LogP contribution is -2.54. The molecule has 5 heteroatoms. The van der Waals surface area contributed by atoms with Crippen molar-refractivity contribution in [1.29, 1.82) is 5.26 Å². The Balaban J connectivity index is 1.28. The van der Waals surface area contributed by atoms with Crippen molar-refractivity contribution < 1.29 is 14.3 Å². The molecule has 2 aromatic rings. The Morgan fingerprint density at radius 2 is 1.63 bits per heavy atom. The molecule has 0 radical (unpaired) electrons. The Morgan fingerprint density at radius 3 is 2.27 bits per heavy atom. The van der Waals surface area contributed by atoms with E-state index in [1.807, 2.05) is 48.5 Å². The van der Waals surface area contributed by atoms with Gasteiger partial charge in [-0.1, -0.05) is 36.4 Å². The SMILES string of the molecule is N#C/C(=C\c1ccc2ccccc2c1)C(=O)NC(=O)OC12CC3CC(CC(C3)C1)C2. The van der Waals surface area contributed by atoms with Crippen LogP contribution in [0, 0.1) is 29.1 Å². The van der Waals surface area contributed by atoms with Crippen LogP contribution in [0.25, 0.3) is 16.8 Å². The molecule has 6 rings (SSSR count). The topological polar surface area (TPSA) is 79.2 Å². The van der Waals surface area contributed by atoms with Crippen molar-refractivity contribution >= 4 is 28.8 Å².